The van der Waals surface area contributed by atoms with E-state index in [0.717, 1.165) is 24.7 Å². The summed E-state index contributed by atoms with van der Waals surface area (Å²) >= 11 is 6.16. The summed E-state index contributed by atoms with van der Waals surface area (Å²) in [5.41, 5.74) is 1.48. The number of methoxy groups -OCH3 is 1. The standard InChI is InChI=1S/C14H15ClO3/c1-18-13-5-4-11(15)10-7-9(3-2-6-16)8-12(17)14(10)13/h4-6,9H,2-3,7-8H2,1H3. The summed E-state index contributed by atoms with van der Waals surface area (Å²) in [7, 11) is 1.55. The Morgan fingerprint density at radius 1 is 1.44 bits per heavy atom. The van der Waals surface area contributed by atoms with Crippen LogP contribution in [0.25, 0.3) is 0 Å². The second kappa shape index (κ2) is 5.53. The average molecular weight is 267 g/mol. The Balaban J connectivity index is 2.35. The van der Waals surface area contributed by atoms with E-state index >= 15 is 0 Å². The summed E-state index contributed by atoms with van der Waals surface area (Å²) in [5.74, 6) is 0.861. The third-order valence-electron chi connectivity index (χ3n) is 3.38. The minimum absolute atomic E-state index is 0.0616. The van der Waals surface area contributed by atoms with E-state index in [-0.39, 0.29) is 11.7 Å². The Hall–Kier alpha value is -1.35. The van der Waals surface area contributed by atoms with Crippen LogP contribution in [0.3, 0.4) is 0 Å². The van der Waals surface area contributed by atoms with E-state index in [0.29, 0.717) is 29.2 Å². The molecule has 1 unspecified atom stereocenters. The van der Waals surface area contributed by atoms with Gasteiger partial charge in [0.05, 0.1) is 12.7 Å². The predicted octanol–water partition coefficient (Wildman–Crippen LogP) is 3.07. The predicted molar refractivity (Wildman–Crippen MR) is 69.4 cm³/mol. The molecule has 0 heterocycles. The summed E-state index contributed by atoms with van der Waals surface area (Å²) in [4.78, 5) is 22.6. The first kappa shape index (κ1) is 13.1. The molecular weight excluding hydrogens is 252 g/mol. The smallest absolute Gasteiger partial charge is 0.167 e. The normalized spacial score (nSPS) is 18.3. The maximum absolute atomic E-state index is 12.2. The molecule has 0 spiro atoms. The largest absolute Gasteiger partial charge is 0.496 e. The molecule has 0 amide bonds. The minimum atomic E-state index is 0.0616. The highest BCUT2D eigenvalue weighted by molar-refractivity contribution is 6.32. The topological polar surface area (TPSA) is 43.4 Å². The molecule has 0 radical (unpaired) electrons. The SMILES string of the molecule is COc1ccc(Cl)c2c1C(=O)CC(CCC=O)C2. The van der Waals surface area contributed by atoms with E-state index in [9.17, 15) is 9.59 Å². The molecule has 3 nitrogen and oxygen atoms in total. The van der Waals surface area contributed by atoms with Gasteiger partial charge in [0.2, 0.25) is 0 Å². The third kappa shape index (κ3) is 2.41. The highest BCUT2D eigenvalue weighted by Crippen LogP contribution is 2.37. The number of ether oxygens (including phenoxy) is 1. The lowest BCUT2D eigenvalue weighted by molar-refractivity contribution is -0.108. The fraction of sp³-hybridized carbons (Fsp3) is 0.429. The van der Waals surface area contributed by atoms with E-state index in [1.807, 2.05) is 0 Å². The number of Topliss-reactive ketones (excluding diaryl/α,β-unsaturated/α-hetero) is 1. The molecule has 18 heavy (non-hydrogen) atoms. The monoisotopic (exact) mass is 266 g/mol. The van der Waals surface area contributed by atoms with Gasteiger partial charge in [-0.05, 0) is 36.5 Å². The molecule has 0 N–H and O–H groups in total. The van der Waals surface area contributed by atoms with Crippen LogP contribution in [0.1, 0.15) is 35.2 Å². The van der Waals surface area contributed by atoms with Crippen LogP contribution < -0.4 is 4.74 Å². The number of benzene rings is 1. The van der Waals surface area contributed by atoms with Crippen LogP contribution in [0.4, 0.5) is 0 Å². The minimum Gasteiger partial charge on any atom is -0.496 e. The van der Waals surface area contributed by atoms with Gasteiger partial charge < -0.3 is 9.53 Å². The van der Waals surface area contributed by atoms with E-state index < -0.39 is 0 Å². The third-order valence-corrected chi connectivity index (χ3v) is 3.73. The molecule has 1 aliphatic carbocycles. The van der Waals surface area contributed by atoms with Crippen molar-refractivity contribution in [2.24, 2.45) is 5.92 Å². The number of aldehydes is 1. The average Bonchev–Trinajstić information content (AvgIpc) is 2.37. The second-order valence-corrected chi connectivity index (χ2v) is 4.95. The molecule has 4 heteroatoms. The van der Waals surface area contributed by atoms with Crippen molar-refractivity contribution in [1.82, 2.24) is 0 Å². The molecule has 1 aromatic rings. The molecular formula is C14H15ClO3. The van der Waals surface area contributed by atoms with Gasteiger partial charge in [-0.25, -0.2) is 0 Å². The first-order valence-electron chi connectivity index (χ1n) is 5.99. The maximum atomic E-state index is 12.2. The fourth-order valence-corrected chi connectivity index (χ4v) is 2.74. The first-order valence-corrected chi connectivity index (χ1v) is 6.37. The zero-order chi connectivity index (χ0) is 13.1. The molecule has 96 valence electrons. The number of rotatable bonds is 4. The molecule has 0 aromatic heterocycles. The van der Waals surface area contributed by atoms with Gasteiger partial charge in [0, 0.05) is 17.9 Å². The Morgan fingerprint density at radius 3 is 2.89 bits per heavy atom. The van der Waals surface area contributed by atoms with Gasteiger partial charge in [-0.3, -0.25) is 4.79 Å². The molecule has 0 saturated heterocycles. The van der Waals surface area contributed by atoms with Crippen molar-refractivity contribution in [2.75, 3.05) is 7.11 Å². The van der Waals surface area contributed by atoms with Gasteiger partial charge in [0.25, 0.3) is 0 Å². The lowest BCUT2D eigenvalue weighted by Gasteiger charge is -2.25. The van der Waals surface area contributed by atoms with Crippen LogP contribution in [-0.4, -0.2) is 19.2 Å². The molecule has 1 aliphatic rings. The Bertz CT molecular complexity index is 482. The Kier molecular flexibility index (Phi) is 4.02. The van der Waals surface area contributed by atoms with Crippen molar-refractivity contribution < 1.29 is 14.3 Å². The summed E-state index contributed by atoms with van der Waals surface area (Å²) in [5, 5.41) is 0.606. The van der Waals surface area contributed by atoms with Crippen LogP contribution in [0, 0.1) is 5.92 Å². The van der Waals surface area contributed by atoms with Crippen LogP contribution in [0.15, 0.2) is 12.1 Å². The number of halogens is 1. The molecule has 2 rings (SSSR count). The van der Waals surface area contributed by atoms with E-state index in [1.165, 1.54) is 0 Å². The van der Waals surface area contributed by atoms with Crippen molar-refractivity contribution in [3.63, 3.8) is 0 Å². The quantitative estimate of drug-likeness (QED) is 0.787. The summed E-state index contributed by atoms with van der Waals surface area (Å²) in [6.45, 7) is 0. The molecule has 1 aromatic carbocycles. The van der Waals surface area contributed by atoms with Crippen molar-refractivity contribution in [2.45, 2.75) is 25.7 Å². The number of carbonyl (C=O) groups excluding carboxylic acids is 2. The number of hydrogen-bond donors (Lipinski definition) is 0. The van der Waals surface area contributed by atoms with Gasteiger partial charge in [-0.2, -0.15) is 0 Å². The zero-order valence-electron chi connectivity index (χ0n) is 10.2. The second-order valence-electron chi connectivity index (χ2n) is 4.54. The van der Waals surface area contributed by atoms with Crippen LogP contribution in [-0.2, 0) is 11.2 Å². The molecule has 0 fully saturated rings. The summed E-state index contributed by atoms with van der Waals surface area (Å²) in [6.07, 6.45) is 3.34. The van der Waals surface area contributed by atoms with Gasteiger partial charge >= 0.3 is 0 Å². The van der Waals surface area contributed by atoms with Gasteiger partial charge in [0.15, 0.2) is 5.78 Å². The van der Waals surface area contributed by atoms with Crippen molar-refractivity contribution in [3.05, 3.63) is 28.3 Å². The molecule has 1 atom stereocenters. The van der Waals surface area contributed by atoms with Crippen LogP contribution >= 0.6 is 11.6 Å². The number of carbonyl (C=O) groups is 2. The van der Waals surface area contributed by atoms with Crippen molar-refractivity contribution in [1.29, 1.82) is 0 Å². The molecule has 0 bridgehead atoms. The lowest BCUT2D eigenvalue weighted by atomic mass is 9.80. The van der Waals surface area contributed by atoms with Crippen LogP contribution in [0.2, 0.25) is 5.02 Å². The van der Waals surface area contributed by atoms with Gasteiger partial charge in [0.1, 0.15) is 12.0 Å². The highest BCUT2D eigenvalue weighted by Gasteiger charge is 2.29. The Labute approximate surface area is 111 Å². The summed E-state index contributed by atoms with van der Waals surface area (Å²) in [6, 6.07) is 3.49. The first-order chi connectivity index (χ1) is 8.67. The molecule has 0 saturated carbocycles. The van der Waals surface area contributed by atoms with Crippen molar-refractivity contribution >= 4 is 23.7 Å². The fourth-order valence-electron chi connectivity index (χ4n) is 2.51. The summed E-state index contributed by atoms with van der Waals surface area (Å²) < 4.78 is 5.22. The van der Waals surface area contributed by atoms with Gasteiger partial charge in [-0.1, -0.05) is 11.6 Å². The van der Waals surface area contributed by atoms with Crippen LogP contribution in [0.5, 0.6) is 5.75 Å². The lowest BCUT2D eigenvalue weighted by Crippen LogP contribution is -2.21. The Morgan fingerprint density at radius 2 is 2.22 bits per heavy atom. The highest BCUT2D eigenvalue weighted by atomic mass is 35.5. The number of hydrogen-bond acceptors (Lipinski definition) is 3. The number of ketones is 1. The van der Waals surface area contributed by atoms with Crippen molar-refractivity contribution in [3.8, 4) is 5.75 Å². The maximum Gasteiger partial charge on any atom is 0.167 e. The van der Waals surface area contributed by atoms with E-state index in [1.54, 1.807) is 19.2 Å². The van der Waals surface area contributed by atoms with E-state index in [2.05, 4.69) is 0 Å². The van der Waals surface area contributed by atoms with E-state index in [4.69, 9.17) is 16.3 Å². The zero-order valence-corrected chi connectivity index (χ0v) is 11.0. The number of fused-ring (bicyclic) bond motifs is 1. The molecule has 0 aliphatic heterocycles. The van der Waals surface area contributed by atoms with Gasteiger partial charge in [-0.15, -0.1) is 0 Å².